The third kappa shape index (κ3) is 4.69. The minimum atomic E-state index is -3.49. The lowest BCUT2D eigenvalue weighted by Gasteiger charge is -2.32. The highest BCUT2D eigenvalue weighted by atomic mass is 32.2. The van der Waals surface area contributed by atoms with Gasteiger partial charge in [-0.3, -0.25) is 0 Å². The summed E-state index contributed by atoms with van der Waals surface area (Å²) in [6.07, 6.45) is 3.23. The van der Waals surface area contributed by atoms with E-state index in [1.165, 1.54) is 5.56 Å². The first-order valence-corrected chi connectivity index (χ1v) is 9.42. The third-order valence-corrected chi connectivity index (χ3v) is 4.69. The van der Waals surface area contributed by atoms with Gasteiger partial charge in [0.05, 0.1) is 12.9 Å². The van der Waals surface area contributed by atoms with Gasteiger partial charge in [0.25, 0.3) is 0 Å². The van der Waals surface area contributed by atoms with E-state index < -0.39 is 10.1 Å². The molecule has 1 aromatic rings. The average Bonchev–Trinajstić information content (AvgIpc) is 2.47. The van der Waals surface area contributed by atoms with Gasteiger partial charge in [-0.1, -0.05) is 12.1 Å². The van der Waals surface area contributed by atoms with Crippen molar-refractivity contribution in [3.63, 3.8) is 0 Å². The summed E-state index contributed by atoms with van der Waals surface area (Å²) in [7, 11) is -1.76. The number of hydrogen-bond acceptors (Lipinski definition) is 5. The van der Waals surface area contributed by atoms with Crippen molar-refractivity contribution in [2.45, 2.75) is 25.7 Å². The van der Waals surface area contributed by atoms with Crippen molar-refractivity contribution in [3.05, 3.63) is 29.3 Å². The van der Waals surface area contributed by atoms with Gasteiger partial charge in [0, 0.05) is 13.7 Å². The summed E-state index contributed by atoms with van der Waals surface area (Å²) in [6, 6.07) is 5.67. The molecule has 0 N–H and O–H groups in total. The molecule has 1 aliphatic heterocycles. The van der Waals surface area contributed by atoms with E-state index in [2.05, 4.69) is 11.0 Å². The fourth-order valence-corrected chi connectivity index (χ4v) is 3.52. The lowest BCUT2D eigenvalue weighted by atomic mass is 9.86. The Morgan fingerprint density at radius 3 is 2.55 bits per heavy atom. The molecule has 1 aliphatic rings. The summed E-state index contributed by atoms with van der Waals surface area (Å²) >= 11 is 0. The van der Waals surface area contributed by atoms with Gasteiger partial charge in [-0.25, -0.2) is 0 Å². The molecule has 0 atom stereocenters. The number of nitrogens with zero attached hydrogens (tertiary/aromatic N) is 1. The van der Waals surface area contributed by atoms with Crippen LogP contribution >= 0.6 is 0 Å². The number of methoxy groups -OCH3 is 1. The van der Waals surface area contributed by atoms with Gasteiger partial charge < -0.3 is 13.8 Å². The maximum Gasteiger partial charge on any atom is 0.306 e. The minimum Gasteiger partial charge on any atom is -0.383 e. The van der Waals surface area contributed by atoms with Crippen LogP contribution in [0.4, 0.5) is 0 Å². The highest BCUT2D eigenvalue weighted by Crippen LogP contribution is 2.34. The summed E-state index contributed by atoms with van der Waals surface area (Å²) in [5.41, 5.74) is 2.14. The molecule has 0 amide bonds. The van der Waals surface area contributed by atoms with E-state index in [-0.39, 0.29) is 0 Å². The zero-order valence-electron chi connectivity index (χ0n) is 13.5. The fraction of sp³-hybridized carbons (Fsp3) is 0.625. The highest BCUT2D eigenvalue weighted by Gasteiger charge is 2.23. The number of piperidine rings is 1. The monoisotopic (exact) mass is 327 g/mol. The van der Waals surface area contributed by atoms with Crippen LogP contribution in [-0.2, 0) is 14.9 Å². The molecule has 0 bridgehead atoms. The predicted molar refractivity (Wildman–Crippen MR) is 86.9 cm³/mol. The predicted octanol–water partition coefficient (Wildman–Crippen LogP) is 2.16. The second-order valence-electron chi connectivity index (χ2n) is 5.87. The Balaban J connectivity index is 2.06. The van der Waals surface area contributed by atoms with Crippen molar-refractivity contribution < 1.29 is 17.3 Å². The molecular formula is C16H25NO4S. The SMILES string of the molecule is COCCN1CCC(c2cccc(OS(C)(=O)=O)c2C)CC1. The number of likely N-dealkylation sites (tertiary alicyclic amines) is 1. The first-order chi connectivity index (χ1) is 10.4. The Morgan fingerprint density at radius 2 is 1.95 bits per heavy atom. The van der Waals surface area contributed by atoms with E-state index in [0.29, 0.717) is 11.7 Å². The first-order valence-electron chi connectivity index (χ1n) is 7.61. The summed E-state index contributed by atoms with van der Waals surface area (Å²) in [5, 5.41) is 0. The van der Waals surface area contributed by atoms with Gasteiger partial charge in [0.2, 0.25) is 0 Å². The molecule has 0 aliphatic carbocycles. The Hall–Kier alpha value is -1.11. The molecule has 0 aromatic heterocycles. The molecule has 22 heavy (non-hydrogen) atoms. The summed E-state index contributed by atoms with van der Waals surface area (Å²) in [6.45, 7) is 5.77. The van der Waals surface area contributed by atoms with Crippen LogP contribution in [0.15, 0.2) is 18.2 Å². The quantitative estimate of drug-likeness (QED) is 0.750. The number of hydrogen-bond donors (Lipinski definition) is 0. The van der Waals surface area contributed by atoms with E-state index in [0.717, 1.165) is 50.9 Å². The van der Waals surface area contributed by atoms with E-state index in [1.54, 1.807) is 13.2 Å². The molecule has 0 saturated carbocycles. The molecule has 124 valence electrons. The lowest BCUT2D eigenvalue weighted by molar-refractivity contribution is 0.130. The van der Waals surface area contributed by atoms with Gasteiger partial charge in [-0.15, -0.1) is 0 Å². The van der Waals surface area contributed by atoms with Crippen molar-refractivity contribution in [3.8, 4) is 5.75 Å². The van der Waals surface area contributed by atoms with Crippen molar-refractivity contribution in [1.82, 2.24) is 4.90 Å². The largest absolute Gasteiger partial charge is 0.383 e. The van der Waals surface area contributed by atoms with Crippen molar-refractivity contribution in [2.75, 3.05) is 39.6 Å². The number of benzene rings is 1. The summed E-state index contributed by atoms with van der Waals surface area (Å²) in [4.78, 5) is 2.41. The molecule has 0 radical (unpaired) electrons. The minimum absolute atomic E-state index is 0.446. The molecule has 2 rings (SSSR count). The number of rotatable bonds is 6. The second kappa shape index (κ2) is 7.44. The zero-order valence-corrected chi connectivity index (χ0v) is 14.4. The normalized spacial score (nSPS) is 17.6. The zero-order chi connectivity index (χ0) is 16.2. The van der Waals surface area contributed by atoms with Crippen LogP contribution < -0.4 is 4.18 Å². The van der Waals surface area contributed by atoms with Crippen molar-refractivity contribution in [2.24, 2.45) is 0 Å². The van der Waals surface area contributed by atoms with Crippen LogP contribution in [0.2, 0.25) is 0 Å². The molecule has 0 spiro atoms. The van der Waals surface area contributed by atoms with Crippen LogP contribution in [0.3, 0.4) is 0 Å². The van der Waals surface area contributed by atoms with Crippen LogP contribution in [0.1, 0.15) is 29.9 Å². The molecule has 5 nitrogen and oxygen atoms in total. The molecule has 1 fully saturated rings. The smallest absolute Gasteiger partial charge is 0.306 e. The van der Waals surface area contributed by atoms with Crippen LogP contribution in [0.5, 0.6) is 5.75 Å². The Kier molecular flexibility index (Phi) is 5.83. The fourth-order valence-electron chi connectivity index (χ4n) is 3.02. The van der Waals surface area contributed by atoms with Crippen molar-refractivity contribution >= 4 is 10.1 Å². The summed E-state index contributed by atoms with van der Waals surface area (Å²) < 4.78 is 32.9. The van der Waals surface area contributed by atoms with Gasteiger partial charge in [0.15, 0.2) is 0 Å². The molecule has 6 heteroatoms. The Bertz CT molecular complexity index is 592. The molecular weight excluding hydrogens is 302 g/mol. The highest BCUT2D eigenvalue weighted by molar-refractivity contribution is 7.86. The molecule has 1 aromatic carbocycles. The van der Waals surface area contributed by atoms with Gasteiger partial charge >= 0.3 is 10.1 Å². The Labute approximate surface area is 133 Å². The third-order valence-electron chi connectivity index (χ3n) is 4.21. The van der Waals surface area contributed by atoms with Gasteiger partial charge in [-0.05, 0) is 56.0 Å². The lowest BCUT2D eigenvalue weighted by Crippen LogP contribution is -2.35. The molecule has 1 heterocycles. The maximum absolute atomic E-state index is 11.3. The first kappa shape index (κ1) is 17.2. The van der Waals surface area contributed by atoms with E-state index in [1.807, 2.05) is 13.0 Å². The molecule has 1 saturated heterocycles. The van der Waals surface area contributed by atoms with E-state index in [9.17, 15) is 8.42 Å². The van der Waals surface area contributed by atoms with Gasteiger partial charge in [0.1, 0.15) is 5.75 Å². The average molecular weight is 327 g/mol. The Morgan fingerprint density at radius 1 is 1.27 bits per heavy atom. The van der Waals surface area contributed by atoms with E-state index >= 15 is 0 Å². The van der Waals surface area contributed by atoms with Crippen molar-refractivity contribution in [1.29, 1.82) is 0 Å². The van der Waals surface area contributed by atoms with Crippen LogP contribution in [0.25, 0.3) is 0 Å². The number of ether oxygens (including phenoxy) is 1. The molecule has 0 unspecified atom stereocenters. The van der Waals surface area contributed by atoms with E-state index in [4.69, 9.17) is 8.92 Å². The van der Waals surface area contributed by atoms with Crippen LogP contribution in [-0.4, -0.2) is 52.9 Å². The maximum atomic E-state index is 11.3. The second-order valence-corrected chi connectivity index (χ2v) is 7.44. The standard InChI is InChI=1S/C16H25NO4S/c1-13-15(5-4-6-16(13)21-22(3,18)19)14-7-9-17(10-8-14)11-12-20-2/h4-6,14H,7-12H2,1-3H3. The van der Waals surface area contributed by atoms with Gasteiger partial charge in [-0.2, -0.15) is 8.42 Å². The van der Waals surface area contributed by atoms with Crippen LogP contribution in [0, 0.1) is 6.92 Å². The summed E-state index contributed by atoms with van der Waals surface area (Å²) in [5.74, 6) is 0.906. The topological polar surface area (TPSA) is 55.8 Å².